The lowest BCUT2D eigenvalue weighted by atomic mass is 10.2. The van der Waals surface area contributed by atoms with Crippen LogP contribution in [0.1, 0.15) is 12.0 Å². The number of hydrogen-bond donors (Lipinski definition) is 0. The van der Waals surface area contributed by atoms with Crippen molar-refractivity contribution < 1.29 is 18.0 Å². The van der Waals surface area contributed by atoms with Crippen molar-refractivity contribution in [3.8, 4) is 0 Å². The zero-order chi connectivity index (χ0) is 13.6. The maximum absolute atomic E-state index is 12.3. The van der Waals surface area contributed by atoms with Crippen LogP contribution in [0, 0.1) is 0 Å². The van der Waals surface area contributed by atoms with Crippen LogP contribution in [0.4, 0.5) is 5.69 Å². The second-order valence-electron chi connectivity index (χ2n) is 4.64. The van der Waals surface area contributed by atoms with Crippen LogP contribution < -0.4 is 4.90 Å². The minimum atomic E-state index is -3.61. The van der Waals surface area contributed by atoms with Crippen molar-refractivity contribution in [2.75, 3.05) is 25.1 Å². The molecular weight excluding hydrogens is 268 g/mol. The molecule has 0 aromatic heterocycles. The Morgan fingerprint density at radius 2 is 2.11 bits per heavy atom. The van der Waals surface area contributed by atoms with Crippen LogP contribution in [0.2, 0.25) is 0 Å². The molecule has 3 rings (SSSR count). The van der Waals surface area contributed by atoms with Gasteiger partial charge in [-0.1, -0.05) is 4.47 Å². The minimum Gasteiger partial charge on any atom is -0.315 e. The first-order valence-corrected chi connectivity index (χ1v) is 7.49. The molecule has 2 heterocycles. The zero-order valence-electron chi connectivity index (χ0n) is 10.5. The number of hydrogen-bond acceptors (Lipinski definition) is 4. The standard InChI is InChI=1S/C12H14N2O4S/c1-13-11-4-3-10(7-9(11)8-12(13)15)19(16,17)14-5-2-6-18-14/h3-4,7H,2,5-6,8H2,1H3. The van der Waals surface area contributed by atoms with Gasteiger partial charge in [-0.2, -0.15) is 0 Å². The summed E-state index contributed by atoms with van der Waals surface area (Å²) in [4.78, 5) is 18.4. The number of anilines is 1. The fourth-order valence-corrected chi connectivity index (χ4v) is 3.69. The van der Waals surface area contributed by atoms with E-state index < -0.39 is 10.0 Å². The second-order valence-corrected chi connectivity index (χ2v) is 6.47. The van der Waals surface area contributed by atoms with E-state index >= 15 is 0 Å². The molecule has 0 saturated carbocycles. The lowest BCUT2D eigenvalue weighted by Crippen LogP contribution is -2.26. The monoisotopic (exact) mass is 282 g/mol. The van der Waals surface area contributed by atoms with E-state index in [0.29, 0.717) is 19.6 Å². The first kappa shape index (κ1) is 12.6. The molecule has 1 amide bonds. The van der Waals surface area contributed by atoms with Gasteiger partial charge in [0, 0.05) is 19.3 Å². The average Bonchev–Trinajstić information content (AvgIpc) is 2.99. The zero-order valence-corrected chi connectivity index (χ0v) is 11.3. The first-order valence-electron chi connectivity index (χ1n) is 6.05. The summed E-state index contributed by atoms with van der Waals surface area (Å²) in [5.41, 5.74) is 1.51. The third-order valence-electron chi connectivity index (χ3n) is 3.41. The molecule has 0 spiro atoms. The SMILES string of the molecule is CN1C(=O)Cc2cc(S(=O)(=O)N3CCCO3)ccc21. The third-order valence-corrected chi connectivity index (χ3v) is 5.09. The van der Waals surface area contributed by atoms with Gasteiger partial charge in [-0.25, -0.2) is 8.42 Å². The lowest BCUT2D eigenvalue weighted by molar-refractivity contribution is -0.117. The summed E-state index contributed by atoms with van der Waals surface area (Å²) in [6.07, 6.45) is 0.946. The van der Waals surface area contributed by atoms with Gasteiger partial charge < -0.3 is 4.90 Å². The fraction of sp³-hybridized carbons (Fsp3) is 0.417. The Morgan fingerprint density at radius 3 is 2.79 bits per heavy atom. The number of rotatable bonds is 2. The van der Waals surface area contributed by atoms with E-state index in [0.717, 1.165) is 15.7 Å². The van der Waals surface area contributed by atoms with Crippen LogP contribution in [0.25, 0.3) is 0 Å². The third kappa shape index (κ3) is 1.94. The Labute approximate surface area is 111 Å². The van der Waals surface area contributed by atoms with E-state index in [4.69, 9.17) is 4.84 Å². The normalized spacial score (nSPS) is 20.1. The van der Waals surface area contributed by atoms with Crippen LogP contribution in [0.3, 0.4) is 0 Å². The highest BCUT2D eigenvalue weighted by Crippen LogP contribution is 2.31. The number of carbonyl (C=O) groups excluding carboxylic acids is 1. The first-order chi connectivity index (χ1) is 9.00. The smallest absolute Gasteiger partial charge is 0.265 e. The quantitative estimate of drug-likeness (QED) is 0.793. The second kappa shape index (κ2) is 4.29. The Hall–Kier alpha value is -1.44. The highest BCUT2D eigenvalue weighted by atomic mass is 32.2. The molecule has 0 aliphatic carbocycles. The molecule has 1 aromatic rings. The van der Waals surface area contributed by atoms with Crippen molar-refractivity contribution in [2.45, 2.75) is 17.7 Å². The summed E-state index contributed by atoms with van der Waals surface area (Å²) in [6.45, 7) is 0.795. The molecule has 6 nitrogen and oxygen atoms in total. The largest absolute Gasteiger partial charge is 0.315 e. The molecule has 1 fully saturated rings. The summed E-state index contributed by atoms with van der Waals surface area (Å²) in [7, 11) is -1.93. The highest BCUT2D eigenvalue weighted by molar-refractivity contribution is 7.89. The van der Waals surface area contributed by atoms with Gasteiger partial charge in [0.05, 0.1) is 17.9 Å². The summed E-state index contributed by atoms with van der Waals surface area (Å²) in [5.74, 6) is -0.0260. The number of hydroxylamine groups is 1. The molecular formula is C12H14N2O4S. The minimum absolute atomic E-state index is 0.0260. The summed E-state index contributed by atoms with van der Waals surface area (Å²) < 4.78 is 25.6. The summed E-state index contributed by atoms with van der Waals surface area (Å²) >= 11 is 0. The highest BCUT2D eigenvalue weighted by Gasteiger charge is 2.31. The van der Waals surface area contributed by atoms with E-state index in [9.17, 15) is 13.2 Å². The van der Waals surface area contributed by atoms with Crippen molar-refractivity contribution in [3.63, 3.8) is 0 Å². The topological polar surface area (TPSA) is 66.9 Å². The summed E-state index contributed by atoms with van der Waals surface area (Å²) in [5, 5.41) is 0. The summed E-state index contributed by atoms with van der Waals surface area (Å²) in [6, 6.07) is 4.75. The molecule has 0 radical (unpaired) electrons. The number of benzene rings is 1. The van der Waals surface area contributed by atoms with Crippen LogP contribution in [0.15, 0.2) is 23.1 Å². The lowest BCUT2D eigenvalue weighted by Gasteiger charge is -2.15. The molecule has 1 saturated heterocycles. The Balaban J connectivity index is 2.00. The van der Waals surface area contributed by atoms with Crippen molar-refractivity contribution in [1.29, 1.82) is 0 Å². The number of likely N-dealkylation sites (N-methyl/N-ethyl adjacent to an activating group) is 1. The molecule has 0 atom stereocenters. The van der Waals surface area contributed by atoms with Gasteiger partial charge in [0.25, 0.3) is 10.0 Å². The number of carbonyl (C=O) groups is 1. The Kier molecular flexibility index (Phi) is 2.84. The van der Waals surface area contributed by atoms with E-state index in [-0.39, 0.29) is 17.2 Å². The molecule has 19 heavy (non-hydrogen) atoms. The molecule has 102 valence electrons. The average molecular weight is 282 g/mol. The van der Waals surface area contributed by atoms with Crippen LogP contribution in [-0.4, -0.2) is 39.0 Å². The van der Waals surface area contributed by atoms with Crippen molar-refractivity contribution in [3.05, 3.63) is 23.8 Å². The maximum atomic E-state index is 12.3. The van der Waals surface area contributed by atoms with Gasteiger partial charge in [0.1, 0.15) is 0 Å². The van der Waals surface area contributed by atoms with E-state index in [1.807, 2.05) is 0 Å². The van der Waals surface area contributed by atoms with E-state index in [2.05, 4.69) is 0 Å². The Morgan fingerprint density at radius 1 is 1.32 bits per heavy atom. The molecule has 0 N–H and O–H groups in total. The van der Waals surface area contributed by atoms with Gasteiger partial charge >= 0.3 is 0 Å². The van der Waals surface area contributed by atoms with Gasteiger partial charge in [0.2, 0.25) is 5.91 Å². The molecule has 0 unspecified atom stereocenters. The molecule has 0 bridgehead atoms. The van der Waals surface area contributed by atoms with Crippen molar-refractivity contribution in [1.82, 2.24) is 4.47 Å². The van der Waals surface area contributed by atoms with Crippen LogP contribution in [-0.2, 0) is 26.1 Å². The number of nitrogens with zero attached hydrogens (tertiary/aromatic N) is 2. The fourth-order valence-electron chi connectivity index (χ4n) is 2.34. The van der Waals surface area contributed by atoms with E-state index in [1.54, 1.807) is 19.2 Å². The van der Waals surface area contributed by atoms with Crippen molar-refractivity contribution in [2.24, 2.45) is 0 Å². The predicted molar refractivity (Wildman–Crippen MR) is 68.0 cm³/mol. The van der Waals surface area contributed by atoms with E-state index in [1.165, 1.54) is 11.0 Å². The molecule has 2 aliphatic heterocycles. The number of fused-ring (bicyclic) bond motifs is 1. The van der Waals surface area contributed by atoms with Crippen LogP contribution in [0.5, 0.6) is 0 Å². The van der Waals surface area contributed by atoms with Crippen molar-refractivity contribution >= 4 is 21.6 Å². The van der Waals surface area contributed by atoms with Gasteiger partial charge in [-0.15, -0.1) is 0 Å². The van der Waals surface area contributed by atoms with Crippen LogP contribution >= 0.6 is 0 Å². The van der Waals surface area contributed by atoms with Gasteiger partial charge in [-0.3, -0.25) is 9.63 Å². The number of amides is 1. The Bertz CT molecular complexity index is 635. The predicted octanol–water partition coefficient (Wildman–Crippen LogP) is 0.531. The van der Waals surface area contributed by atoms with Gasteiger partial charge in [0.15, 0.2) is 0 Å². The molecule has 1 aromatic carbocycles. The maximum Gasteiger partial charge on any atom is 0.265 e. The molecule has 7 heteroatoms. The molecule has 2 aliphatic rings. The number of sulfonamides is 1. The van der Waals surface area contributed by atoms with Gasteiger partial charge in [-0.05, 0) is 30.2 Å².